The SMILES string of the molecule is CCCCCCC(C)(CCCCCC)c1nc2c(OC)cc(C(C)(C)CC)cc2s1. The van der Waals surface area contributed by atoms with E-state index >= 15 is 0 Å². The van der Waals surface area contributed by atoms with Crippen molar-refractivity contribution in [2.24, 2.45) is 0 Å². The van der Waals surface area contributed by atoms with E-state index in [0.717, 1.165) is 17.7 Å². The van der Waals surface area contributed by atoms with E-state index in [1.54, 1.807) is 7.11 Å². The number of rotatable bonds is 14. The molecule has 0 saturated heterocycles. The smallest absolute Gasteiger partial charge is 0.146 e. The first-order valence-corrected chi connectivity index (χ1v) is 13.1. The van der Waals surface area contributed by atoms with E-state index in [1.807, 2.05) is 11.3 Å². The van der Waals surface area contributed by atoms with E-state index in [0.29, 0.717) is 0 Å². The third-order valence-electron chi connectivity index (χ3n) is 7.03. The largest absolute Gasteiger partial charge is 0.494 e. The van der Waals surface area contributed by atoms with Gasteiger partial charge in [-0.15, -0.1) is 11.3 Å². The van der Waals surface area contributed by atoms with Crippen molar-refractivity contribution in [2.75, 3.05) is 7.11 Å². The first-order valence-electron chi connectivity index (χ1n) is 12.3. The Morgan fingerprint density at radius 1 is 0.867 bits per heavy atom. The highest BCUT2D eigenvalue weighted by molar-refractivity contribution is 7.18. The van der Waals surface area contributed by atoms with Gasteiger partial charge in [0.15, 0.2) is 0 Å². The Hall–Kier alpha value is -1.09. The van der Waals surface area contributed by atoms with Crippen LogP contribution in [0.2, 0.25) is 0 Å². The maximum absolute atomic E-state index is 5.80. The lowest BCUT2D eigenvalue weighted by atomic mass is 9.80. The van der Waals surface area contributed by atoms with Crippen LogP contribution in [0.5, 0.6) is 5.75 Å². The molecule has 0 aliphatic heterocycles. The molecule has 1 aromatic carbocycles. The van der Waals surface area contributed by atoms with Gasteiger partial charge in [0.2, 0.25) is 0 Å². The molecule has 0 unspecified atom stereocenters. The van der Waals surface area contributed by atoms with Crippen molar-refractivity contribution >= 4 is 21.6 Å². The number of hydrogen-bond donors (Lipinski definition) is 0. The van der Waals surface area contributed by atoms with Crippen LogP contribution in [-0.4, -0.2) is 12.1 Å². The molecule has 30 heavy (non-hydrogen) atoms. The third kappa shape index (κ3) is 6.22. The normalized spacial score (nSPS) is 12.6. The van der Waals surface area contributed by atoms with Crippen LogP contribution >= 0.6 is 11.3 Å². The second kappa shape index (κ2) is 11.5. The second-order valence-electron chi connectivity index (χ2n) is 9.96. The molecule has 0 radical (unpaired) electrons. The number of fused-ring (bicyclic) bond motifs is 1. The molecule has 170 valence electrons. The van der Waals surface area contributed by atoms with Gasteiger partial charge in [-0.25, -0.2) is 4.98 Å². The van der Waals surface area contributed by atoms with Gasteiger partial charge in [-0.05, 0) is 42.4 Å². The van der Waals surface area contributed by atoms with Gasteiger partial charge < -0.3 is 4.74 Å². The molecule has 1 aromatic heterocycles. The monoisotopic (exact) mass is 431 g/mol. The van der Waals surface area contributed by atoms with Crippen LogP contribution in [0.15, 0.2) is 12.1 Å². The Bertz CT molecular complexity index is 765. The molecule has 0 aliphatic rings. The molecule has 0 aliphatic carbocycles. The Labute approximate surface area is 189 Å². The first kappa shape index (κ1) is 25.2. The van der Waals surface area contributed by atoms with Crippen LogP contribution in [0.25, 0.3) is 10.2 Å². The van der Waals surface area contributed by atoms with E-state index in [2.05, 4.69) is 53.7 Å². The van der Waals surface area contributed by atoms with E-state index in [1.165, 1.54) is 79.5 Å². The molecular weight excluding hydrogens is 386 g/mol. The number of thiazole rings is 1. The number of nitrogens with zero attached hydrogens (tertiary/aromatic N) is 1. The van der Waals surface area contributed by atoms with Crippen molar-refractivity contribution in [1.29, 1.82) is 0 Å². The van der Waals surface area contributed by atoms with E-state index in [-0.39, 0.29) is 10.8 Å². The van der Waals surface area contributed by atoms with Gasteiger partial charge in [0.1, 0.15) is 11.3 Å². The summed E-state index contributed by atoms with van der Waals surface area (Å²) in [4.78, 5) is 5.20. The lowest BCUT2D eigenvalue weighted by molar-refractivity contribution is 0.363. The van der Waals surface area contributed by atoms with Crippen molar-refractivity contribution in [3.63, 3.8) is 0 Å². The van der Waals surface area contributed by atoms with Crippen LogP contribution < -0.4 is 4.74 Å². The van der Waals surface area contributed by atoms with Crippen LogP contribution in [0.4, 0.5) is 0 Å². The van der Waals surface area contributed by atoms with E-state index in [9.17, 15) is 0 Å². The summed E-state index contributed by atoms with van der Waals surface area (Å²) in [6.07, 6.45) is 14.2. The molecule has 0 saturated carbocycles. The fourth-order valence-corrected chi connectivity index (χ4v) is 5.45. The van der Waals surface area contributed by atoms with Crippen molar-refractivity contribution in [3.8, 4) is 5.75 Å². The molecule has 0 atom stereocenters. The maximum atomic E-state index is 5.80. The molecule has 2 nitrogen and oxygen atoms in total. The summed E-state index contributed by atoms with van der Waals surface area (Å²) in [6.45, 7) is 13.9. The molecule has 0 N–H and O–H groups in total. The molecule has 1 heterocycles. The van der Waals surface area contributed by atoms with Crippen LogP contribution in [0.1, 0.15) is 123 Å². The average molecular weight is 432 g/mol. The molecule has 2 rings (SSSR count). The zero-order chi connectivity index (χ0) is 22.2. The summed E-state index contributed by atoms with van der Waals surface area (Å²) in [7, 11) is 1.78. The van der Waals surface area contributed by atoms with Crippen LogP contribution in [0.3, 0.4) is 0 Å². The summed E-state index contributed by atoms with van der Waals surface area (Å²) in [5.74, 6) is 0.936. The van der Waals surface area contributed by atoms with E-state index < -0.39 is 0 Å². The second-order valence-corrected chi connectivity index (χ2v) is 11.0. The molecule has 0 bridgehead atoms. The Morgan fingerprint density at radius 3 is 1.97 bits per heavy atom. The number of benzene rings is 1. The lowest BCUT2D eigenvalue weighted by Crippen LogP contribution is -2.22. The summed E-state index contributed by atoms with van der Waals surface area (Å²) < 4.78 is 7.09. The Morgan fingerprint density at radius 2 is 1.47 bits per heavy atom. The Balaban J connectivity index is 2.39. The van der Waals surface area contributed by atoms with Gasteiger partial charge in [-0.2, -0.15) is 0 Å². The number of unbranched alkanes of at least 4 members (excludes halogenated alkanes) is 6. The number of hydrogen-bond acceptors (Lipinski definition) is 3. The van der Waals surface area contributed by atoms with E-state index in [4.69, 9.17) is 9.72 Å². The van der Waals surface area contributed by atoms with Crippen molar-refractivity contribution in [3.05, 3.63) is 22.7 Å². The zero-order valence-corrected chi connectivity index (χ0v) is 21.5. The highest BCUT2D eigenvalue weighted by atomic mass is 32.1. The molecular formula is C27H45NOS. The van der Waals surface area contributed by atoms with Gasteiger partial charge in [-0.3, -0.25) is 0 Å². The first-order chi connectivity index (χ1) is 14.3. The quantitative estimate of drug-likeness (QED) is 0.278. The highest BCUT2D eigenvalue weighted by Gasteiger charge is 2.31. The predicted octanol–water partition coefficient (Wildman–Crippen LogP) is 9.19. The summed E-state index contributed by atoms with van der Waals surface area (Å²) >= 11 is 1.91. The molecule has 0 amide bonds. The zero-order valence-electron chi connectivity index (χ0n) is 20.7. The molecule has 2 aromatic rings. The minimum atomic E-state index is 0.148. The van der Waals surface area contributed by atoms with Crippen molar-refractivity contribution in [1.82, 2.24) is 4.98 Å². The average Bonchev–Trinajstić information content (AvgIpc) is 3.19. The van der Waals surface area contributed by atoms with Gasteiger partial charge in [0, 0.05) is 5.41 Å². The molecule has 0 fully saturated rings. The molecule has 3 heteroatoms. The van der Waals surface area contributed by atoms with Crippen LogP contribution in [0, 0.1) is 0 Å². The summed E-state index contributed by atoms with van der Waals surface area (Å²) in [5.41, 5.74) is 2.74. The number of ether oxygens (including phenoxy) is 1. The fourth-order valence-electron chi connectivity index (χ4n) is 4.23. The van der Waals surface area contributed by atoms with Gasteiger partial charge in [0.05, 0.1) is 16.8 Å². The standard InChI is InChI=1S/C27H45NOS/c1-8-11-13-15-17-27(6,18-16-14-12-9-2)25-28-24-22(29-7)19-21(20-23(24)30-25)26(4,5)10-3/h19-20H,8-18H2,1-7H3. The minimum Gasteiger partial charge on any atom is -0.494 e. The minimum absolute atomic E-state index is 0.148. The lowest BCUT2D eigenvalue weighted by Gasteiger charge is -2.27. The maximum Gasteiger partial charge on any atom is 0.146 e. The van der Waals surface area contributed by atoms with Gasteiger partial charge in [0.25, 0.3) is 0 Å². The van der Waals surface area contributed by atoms with Gasteiger partial charge in [-0.1, -0.05) is 92.9 Å². The Kier molecular flexibility index (Phi) is 9.66. The summed E-state index contributed by atoms with van der Waals surface area (Å²) in [5, 5.41) is 1.32. The van der Waals surface area contributed by atoms with Gasteiger partial charge >= 0.3 is 0 Å². The number of methoxy groups -OCH3 is 1. The number of aromatic nitrogens is 1. The van der Waals surface area contributed by atoms with Crippen LogP contribution in [-0.2, 0) is 10.8 Å². The van der Waals surface area contributed by atoms with Crippen molar-refractivity contribution in [2.45, 2.75) is 123 Å². The fraction of sp³-hybridized carbons (Fsp3) is 0.741. The highest BCUT2D eigenvalue weighted by Crippen LogP contribution is 2.43. The van der Waals surface area contributed by atoms with Crippen molar-refractivity contribution < 1.29 is 4.74 Å². The molecule has 0 spiro atoms. The predicted molar refractivity (Wildman–Crippen MR) is 134 cm³/mol. The summed E-state index contributed by atoms with van der Waals surface area (Å²) in [6, 6.07) is 4.59. The third-order valence-corrected chi connectivity index (χ3v) is 8.33. The topological polar surface area (TPSA) is 22.1 Å².